The minimum atomic E-state index is -3.95. The molecule has 0 unspecified atom stereocenters. The van der Waals surface area contributed by atoms with Gasteiger partial charge in [-0.2, -0.15) is 4.57 Å². The van der Waals surface area contributed by atoms with Crippen LogP contribution in [0.1, 0.15) is 18.1 Å². The van der Waals surface area contributed by atoms with Gasteiger partial charge in [-0.05, 0) is 48.7 Å². The Morgan fingerprint density at radius 1 is 0.731 bits per heavy atom. The number of hydrogen-bond donors (Lipinski definition) is 0. The van der Waals surface area contributed by atoms with Crippen molar-refractivity contribution in [2.45, 2.75) is 20.3 Å². The summed E-state index contributed by atoms with van der Waals surface area (Å²) in [4.78, 5) is 0. The lowest BCUT2D eigenvalue weighted by molar-refractivity contribution is 0.297. The molecule has 0 aliphatic carbocycles. The van der Waals surface area contributed by atoms with Crippen molar-refractivity contribution in [3.8, 4) is 17.2 Å². The summed E-state index contributed by atoms with van der Waals surface area (Å²) in [6.07, 6.45) is 0.744. The third kappa shape index (κ3) is 4.47. The predicted octanol–water partition coefficient (Wildman–Crippen LogP) is 6.20. The number of aryl methyl sites for hydroxylation is 2. The van der Waals surface area contributed by atoms with E-state index in [9.17, 15) is 4.57 Å². The van der Waals surface area contributed by atoms with Gasteiger partial charge in [-0.1, -0.05) is 61.5 Å². The zero-order chi connectivity index (χ0) is 18.4. The SMILES string of the molecule is CCc1cccc(C)c1OP(=O)(Oc1ccccc1)Oc1ccccc1. The summed E-state index contributed by atoms with van der Waals surface area (Å²) < 4.78 is 30.7. The topological polar surface area (TPSA) is 44.8 Å². The van der Waals surface area contributed by atoms with Crippen molar-refractivity contribution in [3.63, 3.8) is 0 Å². The van der Waals surface area contributed by atoms with Crippen LogP contribution in [0.2, 0.25) is 0 Å². The van der Waals surface area contributed by atoms with Crippen molar-refractivity contribution in [1.29, 1.82) is 0 Å². The monoisotopic (exact) mass is 368 g/mol. The molecule has 4 nitrogen and oxygen atoms in total. The second-order valence-corrected chi connectivity index (χ2v) is 7.21. The van der Waals surface area contributed by atoms with Gasteiger partial charge in [0, 0.05) is 0 Å². The predicted molar refractivity (Wildman–Crippen MR) is 103 cm³/mol. The molecule has 0 spiro atoms. The van der Waals surface area contributed by atoms with Crippen molar-refractivity contribution in [3.05, 3.63) is 90.0 Å². The van der Waals surface area contributed by atoms with E-state index in [0.29, 0.717) is 17.2 Å². The Hall–Kier alpha value is -2.71. The van der Waals surface area contributed by atoms with Gasteiger partial charge in [0.15, 0.2) is 0 Å². The Kier molecular flexibility index (Phi) is 5.65. The maximum Gasteiger partial charge on any atom is 0.647 e. The standard InChI is InChI=1S/C21H21O4P/c1-3-18-12-10-11-17(2)21(18)25-26(22,23-19-13-6-4-7-14-19)24-20-15-8-5-9-16-20/h4-16H,3H2,1-2H3. The summed E-state index contributed by atoms with van der Waals surface area (Å²) in [5, 5.41) is 0. The van der Waals surface area contributed by atoms with Crippen molar-refractivity contribution in [1.82, 2.24) is 0 Å². The second-order valence-electron chi connectivity index (χ2n) is 5.76. The Morgan fingerprint density at radius 2 is 1.27 bits per heavy atom. The molecule has 0 heterocycles. The average molecular weight is 368 g/mol. The summed E-state index contributed by atoms with van der Waals surface area (Å²) in [6.45, 7) is 3.92. The number of rotatable bonds is 7. The molecule has 3 aromatic rings. The first-order valence-electron chi connectivity index (χ1n) is 8.47. The lowest BCUT2D eigenvalue weighted by atomic mass is 10.1. The van der Waals surface area contributed by atoms with E-state index in [1.807, 2.05) is 44.2 Å². The van der Waals surface area contributed by atoms with Crippen LogP contribution in [0.5, 0.6) is 17.2 Å². The van der Waals surface area contributed by atoms with Crippen LogP contribution >= 0.6 is 7.82 Å². The number of benzene rings is 3. The fraction of sp³-hybridized carbons (Fsp3) is 0.143. The van der Waals surface area contributed by atoms with E-state index in [0.717, 1.165) is 17.5 Å². The quantitative estimate of drug-likeness (QED) is 0.466. The summed E-state index contributed by atoms with van der Waals surface area (Å²) in [5.74, 6) is 1.36. The minimum Gasteiger partial charge on any atom is -0.386 e. The van der Waals surface area contributed by atoms with Gasteiger partial charge >= 0.3 is 7.82 Å². The first-order valence-corrected chi connectivity index (χ1v) is 9.93. The first kappa shape index (κ1) is 18.1. The van der Waals surface area contributed by atoms with E-state index in [1.54, 1.807) is 48.5 Å². The van der Waals surface area contributed by atoms with E-state index in [-0.39, 0.29) is 0 Å². The Bertz CT molecular complexity index is 849. The molecule has 0 aromatic heterocycles. The van der Waals surface area contributed by atoms with Crippen molar-refractivity contribution >= 4 is 7.82 Å². The average Bonchev–Trinajstić information content (AvgIpc) is 2.65. The lowest BCUT2D eigenvalue weighted by Crippen LogP contribution is -2.09. The molecule has 0 aliphatic heterocycles. The highest BCUT2D eigenvalue weighted by atomic mass is 31.2. The van der Waals surface area contributed by atoms with E-state index >= 15 is 0 Å². The van der Waals surface area contributed by atoms with E-state index in [2.05, 4.69) is 0 Å². The molecule has 26 heavy (non-hydrogen) atoms. The Balaban J connectivity index is 1.96. The van der Waals surface area contributed by atoms with Crippen LogP contribution in [0.3, 0.4) is 0 Å². The third-order valence-electron chi connectivity index (χ3n) is 3.80. The summed E-state index contributed by atoms with van der Waals surface area (Å²) in [5.41, 5.74) is 1.82. The zero-order valence-electron chi connectivity index (χ0n) is 14.8. The molecule has 0 atom stereocenters. The second kappa shape index (κ2) is 8.11. The largest absolute Gasteiger partial charge is 0.647 e. The number of phosphoric ester groups is 1. The molecule has 0 radical (unpaired) electrons. The zero-order valence-corrected chi connectivity index (χ0v) is 15.7. The van der Waals surface area contributed by atoms with Gasteiger partial charge in [0.25, 0.3) is 0 Å². The van der Waals surface area contributed by atoms with E-state index in [1.165, 1.54) is 0 Å². The van der Waals surface area contributed by atoms with Crippen LogP contribution < -0.4 is 13.6 Å². The molecule has 0 N–H and O–H groups in total. The van der Waals surface area contributed by atoms with Gasteiger partial charge in [-0.15, -0.1) is 0 Å². The Labute approximate surface area is 154 Å². The normalized spacial score (nSPS) is 11.0. The van der Waals surface area contributed by atoms with Crippen molar-refractivity contribution in [2.75, 3.05) is 0 Å². The molecular weight excluding hydrogens is 347 g/mol. The summed E-state index contributed by atoms with van der Waals surface area (Å²) in [7, 11) is -3.95. The fourth-order valence-electron chi connectivity index (χ4n) is 2.51. The van der Waals surface area contributed by atoms with Crippen LogP contribution in [0.4, 0.5) is 0 Å². The van der Waals surface area contributed by atoms with Gasteiger partial charge in [-0.3, -0.25) is 0 Å². The smallest absolute Gasteiger partial charge is 0.386 e. The summed E-state index contributed by atoms with van der Waals surface area (Å²) in [6, 6.07) is 23.5. The van der Waals surface area contributed by atoms with Crippen LogP contribution in [0, 0.1) is 6.92 Å². The Morgan fingerprint density at radius 3 is 1.77 bits per heavy atom. The molecule has 134 valence electrons. The molecule has 0 bridgehead atoms. The summed E-state index contributed by atoms with van der Waals surface area (Å²) >= 11 is 0. The van der Waals surface area contributed by atoms with Gasteiger partial charge < -0.3 is 13.6 Å². The molecular formula is C21H21O4P. The van der Waals surface area contributed by atoms with Gasteiger partial charge in [0.1, 0.15) is 17.2 Å². The highest BCUT2D eigenvalue weighted by Crippen LogP contribution is 2.51. The molecule has 0 fully saturated rings. The van der Waals surface area contributed by atoms with Gasteiger partial charge in [0.05, 0.1) is 0 Å². The van der Waals surface area contributed by atoms with Crippen LogP contribution in [-0.2, 0) is 11.0 Å². The molecule has 0 amide bonds. The maximum absolute atomic E-state index is 13.5. The fourth-order valence-corrected chi connectivity index (χ4v) is 3.87. The number of para-hydroxylation sites is 3. The number of hydrogen-bond acceptors (Lipinski definition) is 4. The van der Waals surface area contributed by atoms with E-state index < -0.39 is 7.82 Å². The van der Waals surface area contributed by atoms with Crippen LogP contribution in [-0.4, -0.2) is 0 Å². The lowest BCUT2D eigenvalue weighted by Gasteiger charge is -2.21. The molecule has 0 saturated heterocycles. The minimum absolute atomic E-state index is 0.415. The van der Waals surface area contributed by atoms with Crippen molar-refractivity contribution in [2.24, 2.45) is 0 Å². The molecule has 0 aliphatic rings. The van der Waals surface area contributed by atoms with Gasteiger partial charge in [-0.25, -0.2) is 0 Å². The number of phosphoric acid groups is 1. The van der Waals surface area contributed by atoms with Gasteiger partial charge in [0.2, 0.25) is 0 Å². The highest BCUT2D eigenvalue weighted by molar-refractivity contribution is 7.49. The van der Waals surface area contributed by atoms with Crippen LogP contribution in [0.25, 0.3) is 0 Å². The van der Waals surface area contributed by atoms with Crippen LogP contribution in [0.15, 0.2) is 78.9 Å². The maximum atomic E-state index is 13.5. The highest BCUT2D eigenvalue weighted by Gasteiger charge is 2.34. The third-order valence-corrected chi connectivity index (χ3v) is 5.07. The molecule has 3 aromatic carbocycles. The molecule has 5 heteroatoms. The van der Waals surface area contributed by atoms with E-state index in [4.69, 9.17) is 13.6 Å². The molecule has 3 rings (SSSR count). The first-order chi connectivity index (χ1) is 12.6. The van der Waals surface area contributed by atoms with Crippen molar-refractivity contribution < 1.29 is 18.1 Å². The molecule has 0 saturated carbocycles.